The molecule has 0 spiro atoms. The third-order valence-corrected chi connectivity index (χ3v) is 7.25. The number of piperidine rings is 1. The third kappa shape index (κ3) is 3.86. The fourth-order valence-electron chi connectivity index (χ4n) is 4.42. The van der Waals surface area contributed by atoms with Crippen molar-refractivity contribution in [3.05, 3.63) is 54.3 Å². The molecule has 5 nitrogen and oxygen atoms in total. The van der Waals surface area contributed by atoms with Crippen molar-refractivity contribution in [3.8, 4) is 0 Å². The highest BCUT2D eigenvalue weighted by Crippen LogP contribution is 2.32. The average molecular weight is 425 g/mol. The van der Waals surface area contributed by atoms with Gasteiger partial charge in [-0.2, -0.15) is 0 Å². The number of hydrogen-bond acceptors (Lipinski definition) is 5. The second kappa shape index (κ2) is 8.22. The van der Waals surface area contributed by atoms with Gasteiger partial charge in [0.05, 0.1) is 10.2 Å². The molecule has 156 valence electrons. The molecule has 1 aromatic heterocycles. The van der Waals surface area contributed by atoms with Gasteiger partial charge in [-0.15, -0.1) is 0 Å². The molecular weight excluding hydrogens is 399 g/mol. The number of carbonyl (C=O) groups excluding carboxylic acids is 1. The molecule has 1 amide bonds. The highest BCUT2D eigenvalue weighted by Gasteiger charge is 2.31. The van der Waals surface area contributed by atoms with E-state index in [0.717, 1.165) is 67.5 Å². The summed E-state index contributed by atoms with van der Waals surface area (Å²) in [4.78, 5) is 24.3. The second-order valence-electron chi connectivity index (χ2n) is 8.02. The van der Waals surface area contributed by atoms with Gasteiger partial charge >= 0.3 is 0 Å². The molecule has 0 atom stereocenters. The Morgan fingerprint density at radius 1 is 0.933 bits per heavy atom. The smallest absolute Gasteiger partial charge is 0.225 e. The maximum Gasteiger partial charge on any atom is 0.225 e. The molecule has 2 aromatic carbocycles. The Hall–Kier alpha value is -2.67. The van der Waals surface area contributed by atoms with E-state index in [2.05, 4.69) is 39.0 Å². The first-order valence-corrected chi connectivity index (χ1v) is 11.4. The number of aromatic nitrogens is 1. The summed E-state index contributed by atoms with van der Waals surface area (Å²) in [5, 5.41) is 0.929. The van der Waals surface area contributed by atoms with Crippen LogP contribution in [-0.2, 0) is 4.79 Å². The van der Waals surface area contributed by atoms with Crippen LogP contribution < -0.4 is 9.80 Å². The van der Waals surface area contributed by atoms with Gasteiger partial charge in [0.15, 0.2) is 5.13 Å². The lowest BCUT2D eigenvalue weighted by atomic mass is 9.95. The Balaban J connectivity index is 1.16. The zero-order valence-electron chi connectivity index (χ0n) is 16.8. The molecule has 0 unspecified atom stereocenters. The number of anilines is 2. The van der Waals surface area contributed by atoms with Crippen LogP contribution in [0.1, 0.15) is 12.8 Å². The number of amides is 1. The Labute approximate surface area is 179 Å². The molecule has 2 fully saturated rings. The quantitative estimate of drug-likeness (QED) is 0.637. The maximum absolute atomic E-state index is 13.4. The number of para-hydroxylation sites is 1. The van der Waals surface area contributed by atoms with Gasteiger partial charge < -0.3 is 14.7 Å². The average Bonchev–Trinajstić information content (AvgIpc) is 3.23. The maximum atomic E-state index is 13.4. The first kappa shape index (κ1) is 19.3. The van der Waals surface area contributed by atoms with E-state index < -0.39 is 0 Å². The first-order chi connectivity index (χ1) is 14.7. The minimum Gasteiger partial charge on any atom is -0.368 e. The molecule has 30 heavy (non-hydrogen) atoms. The Morgan fingerprint density at radius 2 is 1.67 bits per heavy atom. The van der Waals surface area contributed by atoms with Crippen LogP contribution in [-0.4, -0.2) is 55.1 Å². The van der Waals surface area contributed by atoms with E-state index in [1.54, 1.807) is 12.1 Å². The van der Waals surface area contributed by atoms with Crippen molar-refractivity contribution >= 4 is 38.3 Å². The standard InChI is InChI=1S/C23H25FN4OS/c24-18-6-7-20-21(16-18)30-23(25-20)28-10-8-17(9-11-28)22(29)27-14-12-26(13-15-27)19-4-2-1-3-5-19/h1-7,16-17H,8-15H2. The van der Waals surface area contributed by atoms with Crippen LogP contribution in [0.2, 0.25) is 0 Å². The topological polar surface area (TPSA) is 39.7 Å². The molecule has 0 radical (unpaired) electrons. The number of benzene rings is 2. The highest BCUT2D eigenvalue weighted by atomic mass is 32.1. The van der Waals surface area contributed by atoms with Gasteiger partial charge in [-0.25, -0.2) is 9.37 Å². The summed E-state index contributed by atoms with van der Waals surface area (Å²) in [6.07, 6.45) is 1.70. The van der Waals surface area contributed by atoms with Crippen LogP contribution in [0.5, 0.6) is 0 Å². The number of thiazole rings is 1. The van der Waals surface area contributed by atoms with Crippen LogP contribution in [0, 0.1) is 11.7 Å². The molecule has 2 saturated heterocycles. The SMILES string of the molecule is O=C(C1CCN(c2nc3ccc(F)cc3s2)CC1)N1CCN(c2ccccc2)CC1. The van der Waals surface area contributed by atoms with Crippen molar-refractivity contribution < 1.29 is 9.18 Å². The molecule has 0 saturated carbocycles. The zero-order chi connectivity index (χ0) is 20.5. The van der Waals surface area contributed by atoms with Crippen molar-refractivity contribution in [2.45, 2.75) is 12.8 Å². The van der Waals surface area contributed by atoms with Gasteiger partial charge in [-0.1, -0.05) is 29.5 Å². The number of halogens is 1. The van der Waals surface area contributed by atoms with E-state index in [1.807, 2.05) is 11.0 Å². The van der Waals surface area contributed by atoms with Gasteiger partial charge in [-0.3, -0.25) is 4.79 Å². The number of rotatable bonds is 3. The predicted molar refractivity (Wildman–Crippen MR) is 120 cm³/mol. The molecule has 3 aromatic rings. The van der Waals surface area contributed by atoms with Crippen LogP contribution in [0.4, 0.5) is 15.2 Å². The largest absolute Gasteiger partial charge is 0.368 e. The third-order valence-electron chi connectivity index (χ3n) is 6.17. The van der Waals surface area contributed by atoms with Crippen LogP contribution in [0.15, 0.2) is 48.5 Å². The van der Waals surface area contributed by atoms with Gasteiger partial charge in [0.25, 0.3) is 0 Å². The Kier molecular flexibility index (Phi) is 5.29. The highest BCUT2D eigenvalue weighted by molar-refractivity contribution is 7.22. The number of nitrogens with zero attached hydrogens (tertiary/aromatic N) is 4. The number of carbonyl (C=O) groups is 1. The lowest BCUT2D eigenvalue weighted by Gasteiger charge is -2.39. The van der Waals surface area contributed by atoms with Gasteiger partial charge in [0, 0.05) is 50.9 Å². The van der Waals surface area contributed by atoms with E-state index in [9.17, 15) is 9.18 Å². The van der Waals surface area contributed by atoms with Gasteiger partial charge in [0.2, 0.25) is 5.91 Å². The monoisotopic (exact) mass is 424 g/mol. The van der Waals surface area contributed by atoms with E-state index in [4.69, 9.17) is 0 Å². The van der Waals surface area contributed by atoms with E-state index in [0.29, 0.717) is 5.91 Å². The normalized spacial score (nSPS) is 18.2. The molecule has 0 bridgehead atoms. The summed E-state index contributed by atoms with van der Waals surface area (Å²) in [6, 6.07) is 15.1. The molecule has 5 rings (SSSR count). The molecule has 0 aliphatic carbocycles. The molecule has 3 heterocycles. The molecule has 2 aliphatic rings. The Morgan fingerprint density at radius 3 is 2.40 bits per heavy atom. The first-order valence-electron chi connectivity index (χ1n) is 10.6. The van der Waals surface area contributed by atoms with Gasteiger partial charge in [0.1, 0.15) is 5.82 Å². The summed E-state index contributed by atoms with van der Waals surface area (Å²) >= 11 is 1.53. The van der Waals surface area contributed by atoms with Crippen molar-refractivity contribution in [1.29, 1.82) is 0 Å². The molecule has 2 aliphatic heterocycles. The lowest BCUT2D eigenvalue weighted by molar-refractivity contribution is -0.136. The fraction of sp³-hybridized carbons (Fsp3) is 0.391. The van der Waals surface area contributed by atoms with Crippen LogP contribution in [0.25, 0.3) is 10.2 Å². The summed E-state index contributed by atoms with van der Waals surface area (Å²) in [6.45, 7) is 4.99. The van der Waals surface area contributed by atoms with Crippen LogP contribution >= 0.6 is 11.3 Å². The second-order valence-corrected chi connectivity index (χ2v) is 9.03. The van der Waals surface area contributed by atoms with Gasteiger partial charge in [-0.05, 0) is 43.2 Å². The van der Waals surface area contributed by atoms with Crippen molar-refractivity contribution in [2.24, 2.45) is 5.92 Å². The fourth-order valence-corrected chi connectivity index (χ4v) is 5.46. The van der Waals surface area contributed by atoms with Crippen molar-refractivity contribution in [1.82, 2.24) is 9.88 Å². The predicted octanol–water partition coefficient (Wildman–Crippen LogP) is 4.00. The van der Waals surface area contributed by atoms with E-state index >= 15 is 0 Å². The number of hydrogen-bond donors (Lipinski definition) is 0. The molecule has 0 N–H and O–H groups in total. The summed E-state index contributed by atoms with van der Waals surface area (Å²) in [7, 11) is 0. The van der Waals surface area contributed by atoms with Crippen molar-refractivity contribution in [2.75, 3.05) is 49.1 Å². The molecular formula is C23H25FN4OS. The summed E-state index contributed by atoms with van der Waals surface area (Å²) in [5.41, 5.74) is 2.07. The lowest BCUT2D eigenvalue weighted by Crippen LogP contribution is -2.51. The number of fused-ring (bicyclic) bond motifs is 1. The summed E-state index contributed by atoms with van der Waals surface area (Å²) < 4.78 is 14.3. The van der Waals surface area contributed by atoms with E-state index in [1.165, 1.54) is 23.1 Å². The Bertz CT molecular complexity index is 1020. The number of piperazine rings is 1. The van der Waals surface area contributed by atoms with Crippen LogP contribution in [0.3, 0.4) is 0 Å². The van der Waals surface area contributed by atoms with Crippen molar-refractivity contribution in [3.63, 3.8) is 0 Å². The minimum absolute atomic E-state index is 0.0938. The molecule has 7 heteroatoms. The zero-order valence-corrected chi connectivity index (χ0v) is 17.7. The minimum atomic E-state index is -0.227. The van der Waals surface area contributed by atoms with E-state index in [-0.39, 0.29) is 11.7 Å². The summed E-state index contributed by atoms with van der Waals surface area (Å²) in [5.74, 6) is 0.166.